The van der Waals surface area contributed by atoms with Crippen LogP contribution >= 0.6 is 0 Å². The van der Waals surface area contributed by atoms with Crippen LogP contribution in [0.25, 0.3) is 0 Å². The van der Waals surface area contributed by atoms with Crippen LogP contribution in [0.4, 0.5) is 0 Å². The Hall–Kier alpha value is -0.788. The summed E-state index contributed by atoms with van der Waals surface area (Å²) in [5.74, 6) is 0. The van der Waals surface area contributed by atoms with Crippen LogP contribution in [-0.2, 0) is 17.4 Å². The molecule has 0 heterocycles. The summed E-state index contributed by atoms with van der Waals surface area (Å²) in [7, 11) is 0. The maximum atomic E-state index is 5.50. The van der Waals surface area contributed by atoms with Crippen LogP contribution in [0.2, 0.25) is 0 Å². The van der Waals surface area contributed by atoms with Crippen molar-refractivity contribution < 1.29 is 17.4 Å². The Morgan fingerprint density at radius 3 is 0.444 bits per heavy atom. The minimum Gasteiger partial charge on any atom is -0.317 e. The molecule has 0 saturated carbocycles. The van der Waals surface area contributed by atoms with Crippen LogP contribution in [0.1, 0.15) is 0 Å². The molecule has 54 valence electrons. The van der Waals surface area contributed by atoms with Gasteiger partial charge in [-0.1, -0.05) is 0 Å². The van der Waals surface area contributed by atoms with Gasteiger partial charge in [-0.25, -0.2) is 0 Å². The van der Waals surface area contributed by atoms with Crippen molar-refractivity contribution in [2.75, 3.05) is 0 Å². The van der Waals surface area contributed by atoms with Crippen LogP contribution in [0, 0.1) is 21.6 Å². The van der Waals surface area contributed by atoms with Crippen LogP contribution in [0.5, 0.6) is 0 Å². The van der Waals surface area contributed by atoms with Crippen molar-refractivity contribution in [3.8, 4) is 0 Å². The summed E-state index contributed by atoms with van der Waals surface area (Å²) in [6.45, 7) is 10.0. The van der Waals surface area contributed by atoms with Crippen molar-refractivity contribution in [2.24, 2.45) is 0 Å². The van der Waals surface area contributed by atoms with Gasteiger partial charge in [-0.05, 0) is 26.9 Å². The summed E-state index contributed by atoms with van der Waals surface area (Å²) in [4.78, 5) is 0. The molecule has 9 heavy (non-hydrogen) atoms. The number of rotatable bonds is 0. The van der Waals surface area contributed by atoms with Gasteiger partial charge in [-0.15, -0.1) is 0 Å². The standard InChI is InChI=1S/4CH3N.Cr/c4*1-2;/h4*2H,1H2;. The second-order valence-corrected chi connectivity index (χ2v) is 0. The zero-order valence-electron chi connectivity index (χ0n) is 5.24. The zero-order valence-corrected chi connectivity index (χ0v) is 6.51. The number of hydrogen-bond acceptors (Lipinski definition) is 4. The van der Waals surface area contributed by atoms with Gasteiger partial charge >= 0.3 is 0 Å². The van der Waals surface area contributed by atoms with E-state index in [0.29, 0.717) is 0 Å². The van der Waals surface area contributed by atoms with E-state index in [1.165, 1.54) is 0 Å². The van der Waals surface area contributed by atoms with Gasteiger partial charge in [0.05, 0.1) is 0 Å². The van der Waals surface area contributed by atoms with E-state index < -0.39 is 0 Å². The van der Waals surface area contributed by atoms with Gasteiger partial charge in [0.15, 0.2) is 0 Å². The Bertz CT molecular complexity index is 20.5. The summed E-state index contributed by atoms with van der Waals surface area (Å²) >= 11 is 0. The van der Waals surface area contributed by atoms with Crippen LogP contribution in [-0.4, -0.2) is 26.9 Å². The Kier molecular flexibility index (Phi) is 2060. The molecule has 0 spiro atoms. The topological polar surface area (TPSA) is 95.4 Å². The van der Waals surface area contributed by atoms with E-state index in [-0.39, 0.29) is 17.4 Å². The minimum absolute atomic E-state index is 0. The summed E-state index contributed by atoms with van der Waals surface area (Å²) in [5, 5.41) is 22.0. The summed E-state index contributed by atoms with van der Waals surface area (Å²) in [5.41, 5.74) is 0. The molecule has 0 aromatic heterocycles. The maximum Gasteiger partial charge on any atom is 0 e. The molecule has 0 unspecified atom stereocenters. The molecule has 0 aliphatic rings. The predicted molar refractivity (Wildman–Crippen MR) is 39.4 cm³/mol. The molecular weight excluding hydrogens is 156 g/mol. The third-order valence-electron chi connectivity index (χ3n) is 0. The molecule has 0 amide bonds. The first-order valence-electron chi connectivity index (χ1n) is 1.41. The third kappa shape index (κ3) is 316. The van der Waals surface area contributed by atoms with Gasteiger partial charge < -0.3 is 21.6 Å². The first kappa shape index (κ1) is 41.4. The molecule has 0 fully saturated rings. The fraction of sp³-hybridized carbons (Fsp3) is 0. The van der Waals surface area contributed by atoms with Crippen molar-refractivity contribution in [1.29, 1.82) is 21.6 Å². The second-order valence-electron chi connectivity index (χ2n) is 0. The van der Waals surface area contributed by atoms with E-state index in [0.717, 1.165) is 0 Å². The van der Waals surface area contributed by atoms with Crippen molar-refractivity contribution in [1.82, 2.24) is 0 Å². The molecule has 0 radical (unpaired) electrons. The molecule has 0 atom stereocenters. The number of nitrogens with one attached hydrogen (secondary N) is 4. The van der Waals surface area contributed by atoms with Crippen LogP contribution in [0.15, 0.2) is 0 Å². The largest absolute Gasteiger partial charge is 0.317 e. The van der Waals surface area contributed by atoms with Gasteiger partial charge in [-0.2, -0.15) is 0 Å². The third-order valence-corrected chi connectivity index (χ3v) is 0. The Labute approximate surface area is 66.5 Å². The van der Waals surface area contributed by atoms with Gasteiger partial charge in [0.1, 0.15) is 0 Å². The quantitative estimate of drug-likeness (QED) is 0.389. The van der Waals surface area contributed by atoms with Crippen molar-refractivity contribution >= 4 is 26.9 Å². The molecule has 0 aliphatic heterocycles. The Morgan fingerprint density at radius 2 is 0.444 bits per heavy atom. The molecule has 0 bridgehead atoms. The van der Waals surface area contributed by atoms with Crippen molar-refractivity contribution in [2.45, 2.75) is 0 Å². The second kappa shape index (κ2) is 449. The van der Waals surface area contributed by atoms with E-state index in [4.69, 9.17) is 21.6 Å². The first-order valence-corrected chi connectivity index (χ1v) is 1.41. The number of hydrogen-bond donors (Lipinski definition) is 4. The molecular formula is C4H12CrN4. The normalized spacial score (nSPS) is 1.78. The molecule has 0 rings (SSSR count). The molecule has 4 nitrogen and oxygen atoms in total. The van der Waals surface area contributed by atoms with Crippen LogP contribution in [0.3, 0.4) is 0 Å². The van der Waals surface area contributed by atoms with E-state index in [2.05, 4.69) is 26.9 Å². The smallest absolute Gasteiger partial charge is 0 e. The molecule has 4 N–H and O–H groups in total. The van der Waals surface area contributed by atoms with E-state index in [9.17, 15) is 0 Å². The summed E-state index contributed by atoms with van der Waals surface area (Å²) < 4.78 is 0. The SMILES string of the molecule is C=N.C=N.C=N.C=N.[Cr]. The summed E-state index contributed by atoms with van der Waals surface area (Å²) in [6.07, 6.45) is 0. The van der Waals surface area contributed by atoms with E-state index in [1.807, 2.05) is 0 Å². The monoisotopic (exact) mass is 168 g/mol. The van der Waals surface area contributed by atoms with Crippen molar-refractivity contribution in [3.63, 3.8) is 0 Å². The minimum atomic E-state index is 0. The van der Waals surface area contributed by atoms with Crippen LogP contribution < -0.4 is 0 Å². The fourth-order valence-electron chi connectivity index (χ4n) is 0. The Balaban J connectivity index is -0.00000000762. The fourth-order valence-corrected chi connectivity index (χ4v) is 0. The van der Waals surface area contributed by atoms with Gasteiger partial charge in [0, 0.05) is 17.4 Å². The van der Waals surface area contributed by atoms with Gasteiger partial charge in [0.2, 0.25) is 0 Å². The van der Waals surface area contributed by atoms with E-state index in [1.54, 1.807) is 0 Å². The molecule has 0 aromatic carbocycles. The summed E-state index contributed by atoms with van der Waals surface area (Å²) in [6, 6.07) is 0. The average molecular weight is 168 g/mol. The molecule has 5 heteroatoms. The average Bonchev–Trinajstić information content (AvgIpc) is 2.03. The van der Waals surface area contributed by atoms with E-state index >= 15 is 0 Å². The zero-order chi connectivity index (χ0) is 8.00. The Morgan fingerprint density at radius 1 is 0.444 bits per heavy atom. The predicted octanol–water partition coefficient (Wildman–Crippen LogP) is 1.06. The first-order chi connectivity index (χ1) is 4.00. The van der Waals surface area contributed by atoms with Gasteiger partial charge in [-0.3, -0.25) is 0 Å². The van der Waals surface area contributed by atoms with Crippen molar-refractivity contribution in [3.05, 3.63) is 0 Å². The van der Waals surface area contributed by atoms with Gasteiger partial charge in [0.25, 0.3) is 0 Å². The molecule has 0 aliphatic carbocycles. The maximum absolute atomic E-state index is 5.50. The molecule has 0 saturated heterocycles. The molecule has 0 aromatic rings.